The molecule has 0 amide bonds. The summed E-state index contributed by atoms with van der Waals surface area (Å²) >= 11 is 0. The van der Waals surface area contributed by atoms with Crippen molar-refractivity contribution in [2.24, 2.45) is 0 Å². The number of carboxylic acid groups (broad SMARTS) is 1. The highest BCUT2D eigenvalue weighted by atomic mass is 19.1. The summed E-state index contributed by atoms with van der Waals surface area (Å²) in [5.74, 6) is -2.06. The van der Waals surface area contributed by atoms with Gasteiger partial charge in [-0.25, -0.2) is 9.18 Å². The van der Waals surface area contributed by atoms with Gasteiger partial charge >= 0.3 is 5.97 Å². The summed E-state index contributed by atoms with van der Waals surface area (Å²) in [7, 11) is 0. The van der Waals surface area contributed by atoms with E-state index in [0.29, 0.717) is 11.3 Å². The van der Waals surface area contributed by atoms with E-state index < -0.39 is 17.3 Å². The van der Waals surface area contributed by atoms with Gasteiger partial charge in [0.05, 0.1) is 22.9 Å². The molecule has 20 heavy (non-hydrogen) atoms. The Balaban J connectivity index is 2.37. The molecule has 6 heteroatoms. The number of nitrogens with zero attached hydrogens (tertiary/aromatic N) is 1. The predicted octanol–water partition coefficient (Wildman–Crippen LogP) is 2.77. The van der Waals surface area contributed by atoms with Crippen molar-refractivity contribution in [3.63, 3.8) is 0 Å². The van der Waals surface area contributed by atoms with Crippen molar-refractivity contribution in [1.29, 1.82) is 5.26 Å². The van der Waals surface area contributed by atoms with Crippen molar-refractivity contribution in [2.45, 2.75) is 0 Å². The number of carbonyl (C=O) groups is 1. The maximum atomic E-state index is 13.6. The van der Waals surface area contributed by atoms with E-state index in [4.69, 9.17) is 20.8 Å². The van der Waals surface area contributed by atoms with Crippen LogP contribution in [0.3, 0.4) is 0 Å². The van der Waals surface area contributed by atoms with Gasteiger partial charge in [0, 0.05) is 6.07 Å². The third-order valence-corrected chi connectivity index (χ3v) is 2.52. The maximum Gasteiger partial charge on any atom is 0.338 e. The van der Waals surface area contributed by atoms with Crippen LogP contribution >= 0.6 is 0 Å². The average Bonchev–Trinajstić information content (AvgIpc) is 2.42. The number of anilines is 1. The number of hydrogen-bond acceptors (Lipinski definition) is 4. The van der Waals surface area contributed by atoms with Gasteiger partial charge in [-0.1, -0.05) is 6.07 Å². The van der Waals surface area contributed by atoms with Crippen LogP contribution in [0.1, 0.15) is 15.9 Å². The molecule has 0 atom stereocenters. The van der Waals surface area contributed by atoms with Crippen LogP contribution in [-0.2, 0) is 0 Å². The standard InChI is InChI=1S/C14H9FN2O3/c15-11-6-13(12(17)5-10(11)14(18)19)20-9-3-1-2-8(4-9)7-16/h1-6H,17H2,(H,18,19). The smallest absolute Gasteiger partial charge is 0.338 e. The zero-order valence-electron chi connectivity index (χ0n) is 10.1. The van der Waals surface area contributed by atoms with Crippen molar-refractivity contribution < 1.29 is 19.0 Å². The summed E-state index contributed by atoms with van der Waals surface area (Å²) in [4.78, 5) is 10.8. The van der Waals surface area contributed by atoms with Crippen molar-refractivity contribution in [1.82, 2.24) is 0 Å². The fourth-order valence-electron chi connectivity index (χ4n) is 1.58. The molecule has 0 bridgehead atoms. The first-order chi connectivity index (χ1) is 9.51. The van der Waals surface area contributed by atoms with E-state index in [-0.39, 0.29) is 11.4 Å². The quantitative estimate of drug-likeness (QED) is 0.837. The Hall–Kier alpha value is -3.07. The number of nitrogen functional groups attached to an aromatic ring is 1. The molecule has 0 aliphatic rings. The first-order valence-electron chi connectivity index (χ1n) is 5.51. The third-order valence-electron chi connectivity index (χ3n) is 2.52. The minimum atomic E-state index is -1.41. The molecule has 2 aromatic rings. The number of nitrogens with two attached hydrogens (primary N) is 1. The molecule has 5 nitrogen and oxygen atoms in total. The van der Waals surface area contributed by atoms with Crippen LogP contribution in [0, 0.1) is 17.1 Å². The summed E-state index contributed by atoms with van der Waals surface area (Å²) in [6.45, 7) is 0. The van der Waals surface area contributed by atoms with Crippen molar-refractivity contribution in [3.05, 3.63) is 53.3 Å². The molecule has 3 N–H and O–H groups in total. The van der Waals surface area contributed by atoms with Crippen LogP contribution < -0.4 is 10.5 Å². The number of nitriles is 1. The van der Waals surface area contributed by atoms with Crippen LogP contribution in [0.15, 0.2) is 36.4 Å². The molecule has 0 saturated heterocycles. The van der Waals surface area contributed by atoms with E-state index in [0.717, 1.165) is 12.1 Å². The van der Waals surface area contributed by atoms with E-state index >= 15 is 0 Å². The van der Waals surface area contributed by atoms with Gasteiger partial charge in [0.25, 0.3) is 0 Å². The largest absolute Gasteiger partial charge is 0.478 e. The Morgan fingerprint density at radius 2 is 2.10 bits per heavy atom. The Morgan fingerprint density at radius 3 is 2.75 bits per heavy atom. The minimum Gasteiger partial charge on any atom is -0.478 e. The van der Waals surface area contributed by atoms with Crippen LogP contribution in [0.5, 0.6) is 11.5 Å². The van der Waals surface area contributed by atoms with Gasteiger partial charge in [-0.3, -0.25) is 0 Å². The second-order valence-electron chi connectivity index (χ2n) is 3.92. The lowest BCUT2D eigenvalue weighted by Crippen LogP contribution is -2.03. The van der Waals surface area contributed by atoms with E-state index in [9.17, 15) is 9.18 Å². The number of aromatic carboxylic acids is 1. The molecule has 0 heterocycles. The van der Waals surface area contributed by atoms with E-state index in [1.165, 1.54) is 6.07 Å². The van der Waals surface area contributed by atoms with Gasteiger partial charge in [0.2, 0.25) is 0 Å². The molecule has 2 aromatic carbocycles. The first-order valence-corrected chi connectivity index (χ1v) is 5.51. The van der Waals surface area contributed by atoms with Crippen LogP contribution in [-0.4, -0.2) is 11.1 Å². The summed E-state index contributed by atoms with van der Waals surface area (Å²) in [5, 5.41) is 17.5. The highest BCUT2D eigenvalue weighted by Crippen LogP contribution is 2.30. The minimum absolute atomic E-state index is 0.00818. The molecule has 0 spiro atoms. The molecule has 0 aliphatic carbocycles. The fourth-order valence-corrected chi connectivity index (χ4v) is 1.58. The number of benzene rings is 2. The molecule has 0 fully saturated rings. The maximum absolute atomic E-state index is 13.6. The van der Waals surface area contributed by atoms with Gasteiger partial charge in [-0.15, -0.1) is 0 Å². The van der Waals surface area contributed by atoms with Gasteiger partial charge in [-0.2, -0.15) is 5.26 Å². The average molecular weight is 272 g/mol. The molecule has 0 radical (unpaired) electrons. The van der Waals surface area contributed by atoms with Gasteiger partial charge < -0.3 is 15.6 Å². The number of hydrogen-bond donors (Lipinski definition) is 2. The summed E-state index contributed by atoms with van der Waals surface area (Å²) < 4.78 is 18.9. The molecule has 0 aliphatic heterocycles. The molecule has 0 unspecified atom stereocenters. The van der Waals surface area contributed by atoms with Crippen molar-refractivity contribution in [3.8, 4) is 17.6 Å². The molecule has 0 aromatic heterocycles. The normalized spacial score (nSPS) is 9.80. The van der Waals surface area contributed by atoms with E-state index in [1.807, 2.05) is 6.07 Å². The number of rotatable bonds is 3. The second-order valence-corrected chi connectivity index (χ2v) is 3.92. The van der Waals surface area contributed by atoms with Crippen LogP contribution in [0.2, 0.25) is 0 Å². The fraction of sp³-hybridized carbons (Fsp3) is 0. The number of ether oxygens (including phenoxy) is 1. The highest BCUT2D eigenvalue weighted by molar-refractivity contribution is 5.89. The Labute approximate surface area is 113 Å². The highest BCUT2D eigenvalue weighted by Gasteiger charge is 2.15. The van der Waals surface area contributed by atoms with Crippen molar-refractivity contribution >= 4 is 11.7 Å². The van der Waals surface area contributed by atoms with Gasteiger partial charge in [-0.05, 0) is 24.3 Å². The van der Waals surface area contributed by atoms with Gasteiger partial charge in [0.15, 0.2) is 5.75 Å². The lowest BCUT2D eigenvalue weighted by molar-refractivity contribution is 0.0692. The SMILES string of the molecule is N#Cc1cccc(Oc2cc(F)c(C(=O)O)cc2N)c1. The van der Waals surface area contributed by atoms with E-state index in [1.54, 1.807) is 18.2 Å². The molecule has 0 saturated carbocycles. The zero-order valence-corrected chi connectivity index (χ0v) is 10.1. The lowest BCUT2D eigenvalue weighted by atomic mass is 10.1. The number of carboxylic acids is 1. The lowest BCUT2D eigenvalue weighted by Gasteiger charge is -2.10. The van der Waals surface area contributed by atoms with Crippen LogP contribution in [0.25, 0.3) is 0 Å². The third kappa shape index (κ3) is 2.67. The van der Waals surface area contributed by atoms with Crippen LogP contribution in [0.4, 0.5) is 10.1 Å². The second kappa shape index (κ2) is 5.28. The van der Waals surface area contributed by atoms with Gasteiger partial charge in [0.1, 0.15) is 11.6 Å². The zero-order chi connectivity index (χ0) is 14.7. The molecular formula is C14H9FN2O3. The Bertz CT molecular complexity index is 723. The Kier molecular flexibility index (Phi) is 3.53. The Morgan fingerprint density at radius 1 is 1.35 bits per heavy atom. The number of halogens is 1. The first kappa shape index (κ1) is 13.4. The summed E-state index contributed by atoms with van der Waals surface area (Å²) in [6.07, 6.45) is 0. The van der Waals surface area contributed by atoms with E-state index in [2.05, 4.69) is 0 Å². The molecule has 100 valence electrons. The summed E-state index contributed by atoms with van der Waals surface area (Å²) in [6, 6.07) is 10.1. The topological polar surface area (TPSA) is 96.3 Å². The predicted molar refractivity (Wildman–Crippen MR) is 69.0 cm³/mol. The monoisotopic (exact) mass is 272 g/mol. The summed E-state index contributed by atoms with van der Waals surface area (Å²) in [5.41, 5.74) is 5.47. The van der Waals surface area contributed by atoms with Crippen molar-refractivity contribution in [2.75, 3.05) is 5.73 Å². The molecule has 2 rings (SSSR count). The molecular weight excluding hydrogens is 263 g/mol.